The molecule has 0 unspecified atom stereocenters. The predicted molar refractivity (Wildman–Crippen MR) is 98.2 cm³/mol. The number of amides is 2. The molecule has 28 heavy (non-hydrogen) atoms. The third kappa shape index (κ3) is 2.77. The summed E-state index contributed by atoms with van der Waals surface area (Å²) in [5, 5.41) is 11.1. The van der Waals surface area contributed by atoms with Crippen molar-refractivity contribution in [3.05, 3.63) is 101 Å². The standard InChI is InChI=1S/C22H13NO5/c24-19(13-5-2-1-3-6-13)14-9-10-17-18(12-14)21(26)23(20(17)25)16-8-4-7-15(11-16)22(27)28/h1-12H,(H,27,28)/p-1. The molecule has 0 atom stereocenters. The summed E-state index contributed by atoms with van der Waals surface area (Å²) in [5.74, 6) is -2.86. The van der Waals surface area contributed by atoms with Gasteiger partial charge >= 0.3 is 0 Å². The van der Waals surface area contributed by atoms with Crippen molar-refractivity contribution in [2.75, 3.05) is 4.90 Å². The van der Waals surface area contributed by atoms with Gasteiger partial charge in [-0.25, -0.2) is 4.90 Å². The Bertz CT molecular complexity index is 1150. The van der Waals surface area contributed by atoms with Crippen LogP contribution in [-0.2, 0) is 0 Å². The predicted octanol–water partition coefficient (Wildman–Crippen LogP) is 2.08. The number of fused-ring (bicyclic) bond motifs is 1. The zero-order chi connectivity index (χ0) is 19.8. The Morgan fingerprint density at radius 3 is 2.07 bits per heavy atom. The summed E-state index contributed by atoms with van der Waals surface area (Å²) in [5.41, 5.74) is 1.01. The minimum absolute atomic E-state index is 0.102. The summed E-state index contributed by atoms with van der Waals surface area (Å²) in [4.78, 5) is 50.1. The summed E-state index contributed by atoms with van der Waals surface area (Å²) in [6.07, 6.45) is 0. The number of hydrogen-bond donors (Lipinski definition) is 0. The summed E-state index contributed by atoms with van der Waals surface area (Å²) in [7, 11) is 0. The zero-order valence-corrected chi connectivity index (χ0v) is 14.4. The first-order valence-electron chi connectivity index (χ1n) is 8.41. The fourth-order valence-electron chi connectivity index (χ4n) is 3.14. The molecule has 0 saturated heterocycles. The minimum atomic E-state index is -1.41. The van der Waals surface area contributed by atoms with Crippen LogP contribution in [0.5, 0.6) is 0 Å². The molecule has 4 rings (SSSR count). The lowest BCUT2D eigenvalue weighted by molar-refractivity contribution is -0.255. The van der Waals surface area contributed by atoms with E-state index in [9.17, 15) is 24.3 Å². The molecule has 3 aromatic carbocycles. The van der Waals surface area contributed by atoms with Gasteiger partial charge in [0.05, 0.1) is 22.8 Å². The van der Waals surface area contributed by atoms with Crippen molar-refractivity contribution in [2.45, 2.75) is 0 Å². The lowest BCUT2D eigenvalue weighted by Gasteiger charge is -2.15. The second kappa shape index (κ2) is 6.59. The van der Waals surface area contributed by atoms with Crippen LogP contribution in [0.15, 0.2) is 72.8 Å². The minimum Gasteiger partial charge on any atom is -0.545 e. The van der Waals surface area contributed by atoms with Gasteiger partial charge < -0.3 is 9.90 Å². The summed E-state index contributed by atoms with van der Waals surface area (Å²) in [6, 6.07) is 18.3. The first-order valence-corrected chi connectivity index (χ1v) is 8.41. The molecule has 0 spiro atoms. The van der Waals surface area contributed by atoms with Crippen LogP contribution in [0.2, 0.25) is 0 Å². The molecule has 0 aromatic heterocycles. The molecule has 0 aliphatic carbocycles. The van der Waals surface area contributed by atoms with Crippen molar-refractivity contribution < 1.29 is 24.3 Å². The molecule has 0 radical (unpaired) electrons. The molecule has 136 valence electrons. The number of nitrogens with zero attached hydrogens (tertiary/aromatic N) is 1. The van der Waals surface area contributed by atoms with E-state index < -0.39 is 17.8 Å². The fraction of sp³-hybridized carbons (Fsp3) is 0. The molecule has 0 saturated carbocycles. The van der Waals surface area contributed by atoms with Crippen LogP contribution in [0.25, 0.3) is 0 Å². The van der Waals surface area contributed by atoms with Crippen LogP contribution in [0.4, 0.5) is 5.69 Å². The van der Waals surface area contributed by atoms with E-state index in [1.165, 1.54) is 42.5 Å². The average Bonchev–Trinajstić information content (AvgIpc) is 2.98. The summed E-state index contributed by atoms with van der Waals surface area (Å²) >= 11 is 0. The number of carboxylic acid groups (broad SMARTS) is 1. The second-order valence-corrected chi connectivity index (χ2v) is 6.24. The molecular weight excluding hydrogens is 358 g/mol. The van der Waals surface area contributed by atoms with Crippen molar-refractivity contribution in [1.29, 1.82) is 0 Å². The number of carbonyl (C=O) groups is 4. The fourth-order valence-corrected chi connectivity index (χ4v) is 3.14. The van der Waals surface area contributed by atoms with Crippen LogP contribution in [0, 0.1) is 0 Å². The molecule has 1 aliphatic heterocycles. The number of aromatic carboxylic acids is 1. The van der Waals surface area contributed by atoms with E-state index in [4.69, 9.17) is 0 Å². The normalized spacial score (nSPS) is 12.8. The smallest absolute Gasteiger partial charge is 0.266 e. The molecule has 2 amide bonds. The average molecular weight is 370 g/mol. The summed E-state index contributed by atoms with van der Waals surface area (Å²) in [6.45, 7) is 0. The third-order valence-electron chi connectivity index (χ3n) is 4.52. The van der Waals surface area contributed by atoms with Crippen LogP contribution in [0.1, 0.15) is 47.0 Å². The molecule has 1 heterocycles. The Kier molecular flexibility index (Phi) is 4.08. The van der Waals surface area contributed by atoms with Gasteiger partial charge in [0.1, 0.15) is 0 Å². The Balaban J connectivity index is 1.73. The number of ketones is 1. The molecule has 0 N–H and O–H groups in total. The monoisotopic (exact) mass is 370 g/mol. The van der Waals surface area contributed by atoms with Gasteiger partial charge in [-0.1, -0.05) is 48.5 Å². The summed E-state index contributed by atoms with van der Waals surface area (Å²) < 4.78 is 0. The van der Waals surface area contributed by atoms with E-state index in [0.29, 0.717) is 5.56 Å². The van der Waals surface area contributed by atoms with Crippen LogP contribution < -0.4 is 10.0 Å². The van der Waals surface area contributed by atoms with E-state index in [2.05, 4.69) is 0 Å². The van der Waals surface area contributed by atoms with Crippen LogP contribution in [-0.4, -0.2) is 23.6 Å². The maximum Gasteiger partial charge on any atom is 0.266 e. The number of imide groups is 1. The maximum atomic E-state index is 12.8. The highest BCUT2D eigenvalue weighted by atomic mass is 16.4. The van der Waals surface area contributed by atoms with Gasteiger partial charge in [0, 0.05) is 11.1 Å². The molecule has 0 fully saturated rings. The largest absolute Gasteiger partial charge is 0.545 e. The molecule has 1 aliphatic rings. The highest BCUT2D eigenvalue weighted by Gasteiger charge is 2.37. The van der Waals surface area contributed by atoms with Crippen molar-refractivity contribution in [1.82, 2.24) is 0 Å². The van der Waals surface area contributed by atoms with Gasteiger partial charge in [0.15, 0.2) is 5.78 Å². The Hall–Kier alpha value is -4.06. The Labute approximate surface area is 159 Å². The molecule has 3 aromatic rings. The number of carbonyl (C=O) groups excluding carboxylic acids is 4. The number of anilines is 1. The SMILES string of the molecule is O=C([O-])c1cccc(N2C(=O)c3ccc(C(=O)c4ccccc4)cc3C2=O)c1. The number of carboxylic acids is 1. The van der Waals surface area contributed by atoms with Gasteiger partial charge in [-0.05, 0) is 29.8 Å². The Morgan fingerprint density at radius 2 is 1.36 bits per heavy atom. The quantitative estimate of drug-likeness (QED) is 0.518. The first kappa shape index (κ1) is 17.4. The van der Waals surface area contributed by atoms with Crippen molar-refractivity contribution in [3.8, 4) is 0 Å². The van der Waals surface area contributed by atoms with Gasteiger partial charge in [0.2, 0.25) is 0 Å². The lowest BCUT2D eigenvalue weighted by Crippen LogP contribution is -2.30. The third-order valence-corrected chi connectivity index (χ3v) is 4.52. The van der Waals surface area contributed by atoms with Crippen LogP contribution >= 0.6 is 0 Å². The second-order valence-electron chi connectivity index (χ2n) is 6.24. The van der Waals surface area contributed by atoms with Gasteiger partial charge in [-0.2, -0.15) is 0 Å². The number of benzene rings is 3. The van der Waals surface area contributed by atoms with Gasteiger partial charge in [0.25, 0.3) is 11.8 Å². The highest BCUT2D eigenvalue weighted by molar-refractivity contribution is 6.35. The van der Waals surface area contributed by atoms with E-state index in [-0.39, 0.29) is 33.7 Å². The van der Waals surface area contributed by atoms with Crippen molar-refractivity contribution in [3.63, 3.8) is 0 Å². The first-order chi connectivity index (χ1) is 13.5. The van der Waals surface area contributed by atoms with Gasteiger partial charge in [-0.3, -0.25) is 14.4 Å². The van der Waals surface area contributed by atoms with Gasteiger partial charge in [-0.15, -0.1) is 0 Å². The van der Waals surface area contributed by atoms with E-state index in [0.717, 1.165) is 4.90 Å². The lowest BCUT2D eigenvalue weighted by atomic mass is 9.99. The highest BCUT2D eigenvalue weighted by Crippen LogP contribution is 2.30. The van der Waals surface area contributed by atoms with Crippen LogP contribution in [0.3, 0.4) is 0 Å². The topological polar surface area (TPSA) is 94.6 Å². The molecule has 0 bridgehead atoms. The van der Waals surface area contributed by atoms with E-state index in [1.807, 2.05) is 0 Å². The van der Waals surface area contributed by atoms with E-state index in [1.54, 1.807) is 30.3 Å². The Morgan fingerprint density at radius 1 is 0.679 bits per heavy atom. The number of hydrogen-bond acceptors (Lipinski definition) is 5. The van der Waals surface area contributed by atoms with E-state index >= 15 is 0 Å². The zero-order valence-electron chi connectivity index (χ0n) is 14.4. The maximum absolute atomic E-state index is 12.8. The van der Waals surface area contributed by atoms with Crippen molar-refractivity contribution >= 4 is 29.3 Å². The molecule has 6 heteroatoms. The van der Waals surface area contributed by atoms with Crippen molar-refractivity contribution in [2.24, 2.45) is 0 Å². The number of rotatable bonds is 4. The molecular formula is C22H12NO5-. The molecule has 6 nitrogen and oxygen atoms in total.